The van der Waals surface area contributed by atoms with E-state index in [-0.39, 0.29) is 18.7 Å². The first-order valence-corrected chi connectivity index (χ1v) is 10.5. The molecule has 0 bridgehead atoms. The van der Waals surface area contributed by atoms with Crippen molar-refractivity contribution in [3.8, 4) is 0 Å². The first-order chi connectivity index (χ1) is 14.6. The second-order valence-electron chi connectivity index (χ2n) is 7.91. The van der Waals surface area contributed by atoms with Crippen LogP contribution in [0.25, 0.3) is 0 Å². The Labute approximate surface area is 175 Å². The third kappa shape index (κ3) is 4.14. The van der Waals surface area contributed by atoms with Crippen molar-refractivity contribution < 1.29 is 19.2 Å². The molecule has 4 rings (SSSR count). The van der Waals surface area contributed by atoms with Crippen LogP contribution in [-0.2, 0) is 16.1 Å². The Hall–Kier alpha value is -2.62. The van der Waals surface area contributed by atoms with E-state index in [9.17, 15) is 19.2 Å². The van der Waals surface area contributed by atoms with Crippen LogP contribution in [0, 0.1) is 0 Å². The number of hydrogen-bond donors (Lipinski definition) is 3. The van der Waals surface area contributed by atoms with Crippen molar-refractivity contribution in [2.45, 2.75) is 31.8 Å². The van der Waals surface area contributed by atoms with Gasteiger partial charge in [-0.05, 0) is 37.6 Å². The Morgan fingerprint density at radius 2 is 1.87 bits per heavy atom. The second kappa shape index (κ2) is 9.03. The van der Waals surface area contributed by atoms with E-state index < -0.39 is 23.8 Å². The summed E-state index contributed by atoms with van der Waals surface area (Å²) in [5.74, 6) is -1.89. The van der Waals surface area contributed by atoms with Gasteiger partial charge in [0.25, 0.3) is 11.8 Å². The number of nitrogens with zero attached hydrogens (tertiary/aromatic N) is 2. The molecule has 2 fully saturated rings. The molecule has 3 heterocycles. The van der Waals surface area contributed by atoms with Crippen LogP contribution in [0.5, 0.6) is 0 Å². The Morgan fingerprint density at radius 3 is 2.63 bits per heavy atom. The molecule has 0 aliphatic carbocycles. The molecule has 160 valence electrons. The molecule has 1 aromatic carbocycles. The van der Waals surface area contributed by atoms with Crippen LogP contribution in [0.1, 0.15) is 45.5 Å². The lowest BCUT2D eigenvalue weighted by Crippen LogP contribution is -2.54. The summed E-state index contributed by atoms with van der Waals surface area (Å²) in [7, 11) is 0. The summed E-state index contributed by atoms with van der Waals surface area (Å²) in [4.78, 5) is 52.9. The fraction of sp³-hybridized carbons (Fsp3) is 0.524. The number of amides is 4. The number of benzene rings is 1. The summed E-state index contributed by atoms with van der Waals surface area (Å²) in [5.41, 5.74) is 1.44. The molecule has 1 unspecified atom stereocenters. The number of rotatable bonds is 7. The van der Waals surface area contributed by atoms with E-state index in [2.05, 4.69) is 20.9 Å². The van der Waals surface area contributed by atoms with Gasteiger partial charge in [0.15, 0.2) is 0 Å². The Balaban J connectivity index is 1.38. The first-order valence-electron chi connectivity index (χ1n) is 10.5. The van der Waals surface area contributed by atoms with Crippen molar-refractivity contribution in [2.75, 3.05) is 39.3 Å². The zero-order valence-corrected chi connectivity index (χ0v) is 16.9. The quantitative estimate of drug-likeness (QED) is 0.407. The molecule has 0 radical (unpaired) electrons. The van der Waals surface area contributed by atoms with Crippen LogP contribution in [0.3, 0.4) is 0 Å². The summed E-state index contributed by atoms with van der Waals surface area (Å²) >= 11 is 0. The van der Waals surface area contributed by atoms with Crippen molar-refractivity contribution in [3.05, 3.63) is 34.9 Å². The van der Waals surface area contributed by atoms with Gasteiger partial charge < -0.3 is 15.5 Å². The third-order valence-electron chi connectivity index (χ3n) is 5.91. The van der Waals surface area contributed by atoms with E-state index in [1.807, 2.05) is 6.07 Å². The molecule has 0 spiro atoms. The zero-order chi connectivity index (χ0) is 21.1. The SMILES string of the molecule is O=C1CCC(N2C(=O)c3cccc(CNCCCN4CCNCC4)c3C2=O)C(=O)N1. The Morgan fingerprint density at radius 1 is 1.07 bits per heavy atom. The third-order valence-corrected chi connectivity index (χ3v) is 5.91. The van der Waals surface area contributed by atoms with E-state index in [0.717, 1.165) is 56.2 Å². The number of piperazine rings is 1. The molecule has 1 aromatic rings. The highest BCUT2D eigenvalue weighted by Crippen LogP contribution is 2.29. The standard InChI is InChI=1S/C21H27N5O4/c27-17-6-5-16(19(28)24-17)26-20(29)15-4-1-3-14(18(15)21(26)30)13-23-7-2-10-25-11-8-22-9-12-25/h1,3-4,16,22-23H,2,5-13H2,(H,24,27,28). The molecule has 3 aliphatic heterocycles. The molecule has 0 saturated carbocycles. The molecule has 1 atom stereocenters. The van der Waals surface area contributed by atoms with Gasteiger partial charge in [0.05, 0.1) is 11.1 Å². The molecular weight excluding hydrogens is 386 g/mol. The predicted molar refractivity (Wildman–Crippen MR) is 109 cm³/mol. The van der Waals surface area contributed by atoms with E-state index in [1.54, 1.807) is 12.1 Å². The zero-order valence-electron chi connectivity index (χ0n) is 16.9. The normalized spacial score (nSPS) is 22.4. The second-order valence-corrected chi connectivity index (χ2v) is 7.91. The summed E-state index contributed by atoms with van der Waals surface area (Å²) in [6.45, 7) is 6.52. The predicted octanol–water partition coefficient (Wildman–Crippen LogP) is -0.527. The van der Waals surface area contributed by atoms with Crippen molar-refractivity contribution in [1.29, 1.82) is 0 Å². The number of piperidine rings is 1. The minimum absolute atomic E-state index is 0.116. The van der Waals surface area contributed by atoms with Crippen LogP contribution in [0.2, 0.25) is 0 Å². The first kappa shape index (κ1) is 20.6. The van der Waals surface area contributed by atoms with Gasteiger partial charge in [-0.2, -0.15) is 0 Å². The summed E-state index contributed by atoms with van der Waals surface area (Å²) < 4.78 is 0. The van der Waals surface area contributed by atoms with Crippen LogP contribution >= 0.6 is 0 Å². The van der Waals surface area contributed by atoms with Gasteiger partial charge >= 0.3 is 0 Å². The average Bonchev–Trinajstić information content (AvgIpc) is 3.00. The molecule has 9 heteroatoms. The summed E-state index contributed by atoms with van der Waals surface area (Å²) in [6.07, 6.45) is 1.28. The van der Waals surface area contributed by atoms with Gasteiger partial charge in [-0.3, -0.25) is 29.4 Å². The van der Waals surface area contributed by atoms with Crippen molar-refractivity contribution in [3.63, 3.8) is 0 Å². The minimum Gasteiger partial charge on any atom is -0.314 e. The van der Waals surface area contributed by atoms with Gasteiger partial charge in [0, 0.05) is 39.1 Å². The molecule has 2 saturated heterocycles. The number of fused-ring (bicyclic) bond motifs is 1. The topological polar surface area (TPSA) is 111 Å². The molecule has 4 amide bonds. The maximum Gasteiger partial charge on any atom is 0.262 e. The average molecular weight is 413 g/mol. The molecular formula is C21H27N5O4. The highest BCUT2D eigenvalue weighted by atomic mass is 16.2. The Bertz CT molecular complexity index is 865. The number of nitrogens with one attached hydrogen (secondary N) is 3. The van der Waals surface area contributed by atoms with Crippen molar-refractivity contribution in [2.24, 2.45) is 0 Å². The smallest absolute Gasteiger partial charge is 0.262 e. The van der Waals surface area contributed by atoms with Crippen LogP contribution in [0.4, 0.5) is 0 Å². The van der Waals surface area contributed by atoms with Crippen molar-refractivity contribution in [1.82, 2.24) is 25.8 Å². The van der Waals surface area contributed by atoms with Gasteiger partial charge in [-0.1, -0.05) is 12.1 Å². The monoisotopic (exact) mass is 413 g/mol. The van der Waals surface area contributed by atoms with Gasteiger partial charge in [-0.15, -0.1) is 0 Å². The number of carbonyl (C=O) groups excluding carboxylic acids is 4. The largest absolute Gasteiger partial charge is 0.314 e. The number of hydrogen-bond acceptors (Lipinski definition) is 7. The van der Waals surface area contributed by atoms with Gasteiger partial charge in [0.2, 0.25) is 11.8 Å². The summed E-state index contributed by atoms with van der Waals surface area (Å²) in [6, 6.07) is 4.28. The lowest BCUT2D eigenvalue weighted by Gasteiger charge is -2.27. The van der Waals surface area contributed by atoms with Crippen LogP contribution in [0.15, 0.2) is 18.2 Å². The fourth-order valence-corrected chi connectivity index (χ4v) is 4.32. The van der Waals surface area contributed by atoms with Gasteiger partial charge in [-0.25, -0.2) is 0 Å². The number of imide groups is 2. The van der Waals surface area contributed by atoms with Gasteiger partial charge in [0.1, 0.15) is 6.04 Å². The van der Waals surface area contributed by atoms with E-state index in [4.69, 9.17) is 0 Å². The van der Waals surface area contributed by atoms with E-state index in [1.165, 1.54) is 0 Å². The highest BCUT2D eigenvalue weighted by Gasteiger charge is 2.45. The minimum atomic E-state index is -0.935. The Kier molecular flexibility index (Phi) is 6.21. The molecule has 3 N–H and O–H groups in total. The lowest BCUT2D eigenvalue weighted by molar-refractivity contribution is -0.136. The molecule has 3 aliphatic rings. The maximum atomic E-state index is 13.0. The number of carbonyl (C=O) groups is 4. The summed E-state index contributed by atoms with van der Waals surface area (Å²) in [5, 5.41) is 8.93. The van der Waals surface area contributed by atoms with E-state index >= 15 is 0 Å². The highest BCUT2D eigenvalue weighted by molar-refractivity contribution is 6.24. The lowest BCUT2D eigenvalue weighted by atomic mass is 10.0. The fourth-order valence-electron chi connectivity index (χ4n) is 4.32. The van der Waals surface area contributed by atoms with Crippen LogP contribution in [-0.4, -0.2) is 78.7 Å². The molecule has 9 nitrogen and oxygen atoms in total. The van der Waals surface area contributed by atoms with Crippen LogP contribution < -0.4 is 16.0 Å². The van der Waals surface area contributed by atoms with Crippen molar-refractivity contribution >= 4 is 23.6 Å². The molecule has 0 aromatic heterocycles. The van der Waals surface area contributed by atoms with E-state index in [0.29, 0.717) is 17.7 Å². The maximum absolute atomic E-state index is 13.0. The molecule has 30 heavy (non-hydrogen) atoms.